The Hall–Kier alpha value is -4.25. The molecule has 0 radical (unpaired) electrons. The van der Waals surface area contributed by atoms with E-state index >= 15 is 0 Å². The summed E-state index contributed by atoms with van der Waals surface area (Å²) in [6.07, 6.45) is 0.733. The van der Waals surface area contributed by atoms with Crippen LogP contribution in [-0.4, -0.2) is 40.8 Å². The van der Waals surface area contributed by atoms with Crippen molar-refractivity contribution in [3.63, 3.8) is 0 Å². The number of ether oxygens (including phenoxy) is 3. The molecule has 0 saturated heterocycles. The minimum Gasteiger partial charge on any atom is -0.490 e. The van der Waals surface area contributed by atoms with Crippen LogP contribution in [0.2, 0.25) is 0 Å². The number of aryl methyl sites for hydroxylation is 1. The minimum atomic E-state index is -0.768. The molecule has 4 rings (SSSR count). The molecule has 40 heavy (non-hydrogen) atoms. The van der Waals surface area contributed by atoms with E-state index in [1.807, 2.05) is 19.1 Å². The lowest BCUT2D eigenvalue weighted by Gasteiger charge is -2.20. The molecule has 4 aromatic rings. The first-order valence-electron chi connectivity index (χ1n) is 12.4. The van der Waals surface area contributed by atoms with Gasteiger partial charge in [-0.15, -0.1) is 0 Å². The highest BCUT2D eigenvalue weighted by Gasteiger charge is 2.18. The second-order valence-corrected chi connectivity index (χ2v) is 10.7. The van der Waals surface area contributed by atoms with E-state index in [0.29, 0.717) is 17.1 Å². The molecule has 0 bridgehead atoms. The van der Waals surface area contributed by atoms with Gasteiger partial charge in [-0.2, -0.15) is 0 Å². The van der Waals surface area contributed by atoms with Gasteiger partial charge in [-0.1, -0.05) is 15.9 Å². The summed E-state index contributed by atoms with van der Waals surface area (Å²) in [7, 11) is 0. The van der Waals surface area contributed by atoms with Gasteiger partial charge in [0.2, 0.25) is 0 Å². The van der Waals surface area contributed by atoms with Gasteiger partial charge >= 0.3 is 6.09 Å². The van der Waals surface area contributed by atoms with E-state index in [4.69, 9.17) is 14.2 Å². The predicted molar refractivity (Wildman–Crippen MR) is 154 cm³/mol. The van der Waals surface area contributed by atoms with Gasteiger partial charge in [-0.25, -0.2) is 19.2 Å². The number of amides is 2. The van der Waals surface area contributed by atoms with Crippen molar-refractivity contribution in [1.29, 1.82) is 0 Å². The van der Waals surface area contributed by atoms with Crippen LogP contribution >= 0.6 is 15.9 Å². The Kier molecular flexibility index (Phi) is 8.83. The first-order chi connectivity index (χ1) is 19.0. The number of anilines is 2. The molecule has 1 heterocycles. The number of hydrogen-bond donors (Lipinski definition) is 2. The molecular weight excluding hydrogens is 583 g/mol. The summed E-state index contributed by atoms with van der Waals surface area (Å²) in [5.41, 5.74) is 1.46. The molecule has 0 aliphatic rings. The highest BCUT2D eigenvalue weighted by molar-refractivity contribution is 9.10. The molecule has 208 valence electrons. The zero-order chi connectivity index (χ0) is 28.9. The average Bonchev–Trinajstić information content (AvgIpc) is 2.88. The second kappa shape index (κ2) is 12.3. The molecule has 0 aliphatic heterocycles. The largest absolute Gasteiger partial charge is 0.490 e. The quantitative estimate of drug-likeness (QED) is 0.209. The second-order valence-electron chi connectivity index (χ2n) is 9.75. The van der Waals surface area contributed by atoms with Gasteiger partial charge in [0.25, 0.3) is 5.91 Å². The van der Waals surface area contributed by atoms with E-state index in [2.05, 4.69) is 36.5 Å². The zero-order valence-electron chi connectivity index (χ0n) is 22.4. The van der Waals surface area contributed by atoms with Gasteiger partial charge in [0.05, 0.1) is 11.4 Å². The fraction of sp³-hybridized carbons (Fsp3) is 0.241. The Bertz CT molecular complexity index is 1540. The van der Waals surface area contributed by atoms with Crippen molar-refractivity contribution in [2.24, 2.45) is 0 Å². The summed E-state index contributed by atoms with van der Waals surface area (Å²) in [6.45, 7) is 7.57. The van der Waals surface area contributed by atoms with Crippen LogP contribution in [-0.2, 0) is 4.74 Å². The fourth-order valence-electron chi connectivity index (χ4n) is 3.69. The molecule has 0 aliphatic carbocycles. The smallest absolute Gasteiger partial charge is 0.412 e. The molecule has 0 unspecified atom stereocenters. The van der Waals surface area contributed by atoms with Gasteiger partial charge in [0.1, 0.15) is 48.0 Å². The van der Waals surface area contributed by atoms with Gasteiger partial charge in [-0.05, 0) is 82.3 Å². The van der Waals surface area contributed by atoms with E-state index in [1.54, 1.807) is 45.0 Å². The van der Waals surface area contributed by atoms with Crippen LogP contribution in [0.25, 0.3) is 10.9 Å². The Balaban J connectivity index is 1.33. The predicted octanol–water partition coefficient (Wildman–Crippen LogP) is 6.90. The van der Waals surface area contributed by atoms with Crippen molar-refractivity contribution in [3.8, 4) is 11.5 Å². The normalized spacial score (nSPS) is 11.2. The monoisotopic (exact) mass is 610 g/mol. The van der Waals surface area contributed by atoms with Crippen LogP contribution in [0.3, 0.4) is 0 Å². The van der Waals surface area contributed by atoms with Gasteiger partial charge in [-0.3, -0.25) is 10.1 Å². The minimum absolute atomic E-state index is 0.0717. The molecule has 11 heteroatoms. The third kappa shape index (κ3) is 7.66. The maximum Gasteiger partial charge on any atom is 0.412 e. The third-order valence-corrected chi connectivity index (χ3v) is 5.92. The van der Waals surface area contributed by atoms with Crippen molar-refractivity contribution in [3.05, 3.63) is 82.5 Å². The van der Waals surface area contributed by atoms with Crippen molar-refractivity contribution in [2.45, 2.75) is 33.3 Å². The topological polar surface area (TPSA) is 112 Å². The molecule has 2 N–H and O–H groups in total. The summed E-state index contributed by atoms with van der Waals surface area (Å²) in [4.78, 5) is 33.5. The highest BCUT2D eigenvalue weighted by atomic mass is 79.9. The maximum absolute atomic E-state index is 13.8. The van der Waals surface area contributed by atoms with E-state index in [0.717, 1.165) is 27.1 Å². The van der Waals surface area contributed by atoms with Crippen molar-refractivity contribution in [1.82, 2.24) is 9.97 Å². The van der Waals surface area contributed by atoms with Gasteiger partial charge in [0.15, 0.2) is 0 Å². The summed E-state index contributed by atoms with van der Waals surface area (Å²) in [5.74, 6) is 0.136. The number of fused-ring (bicyclic) bond motifs is 1. The number of carbonyl (C=O) groups is 2. The first-order valence-corrected chi connectivity index (χ1v) is 13.2. The maximum atomic E-state index is 13.8. The summed E-state index contributed by atoms with van der Waals surface area (Å²) in [6, 6.07) is 13.9. The van der Waals surface area contributed by atoms with E-state index in [1.165, 1.54) is 18.5 Å². The Morgan fingerprint density at radius 1 is 0.925 bits per heavy atom. The molecule has 0 spiro atoms. The molecule has 0 atom stereocenters. The van der Waals surface area contributed by atoms with Crippen LogP contribution in [0.1, 0.15) is 36.8 Å². The first kappa shape index (κ1) is 28.8. The van der Waals surface area contributed by atoms with Crippen LogP contribution in [0.5, 0.6) is 11.5 Å². The molecule has 1 aromatic heterocycles. The Labute approximate surface area is 239 Å². The van der Waals surface area contributed by atoms with Gasteiger partial charge in [0, 0.05) is 21.1 Å². The molecule has 2 amide bonds. The number of rotatable bonds is 8. The fourth-order valence-corrected chi connectivity index (χ4v) is 4.12. The Morgan fingerprint density at radius 3 is 2.38 bits per heavy atom. The third-order valence-electron chi connectivity index (χ3n) is 5.46. The van der Waals surface area contributed by atoms with Crippen molar-refractivity contribution >= 4 is 50.2 Å². The van der Waals surface area contributed by atoms with E-state index < -0.39 is 23.4 Å². The lowest BCUT2D eigenvalue weighted by Crippen LogP contribution is -2.27. The number of hydrogen-bond acceptors (Lipinski definition) is 7. The number of carbonyl (C=O) groups excluding carboxylic acids is 2. The standard InChI is InChI=1S/C29H28BrFN4O5/c1-17-22-13-19(30)14-25(26(22)33-16-32-17)39-12-11-38-21-8-5-18(6-9-21)27(36)34-23-10-7-20(31)15-24(23)35-28(37)40-29(2,3)4/h5-10,13-16H,11-12H2,1-4H3,(H,34,36)(H,35,37). The van der Waals surface area contributed by atoms with Crippen molar-refractivity contribution in [2.75, 3.05) is 23.8 Å². The van der Waals surface area contributed by atoms with E-state index in [-0.39, 0.29) is 24.6 Å². The summed E-state index contributed by atoms with van der Waals surface area (Å²) < 4.78 is 31.6. The van der Waals surface area contributed by atoms with Crippen LogP contribution in [0.15, 0.2) is 65.4 Å². The highest BCUT2D eigenvalue weighted by Crippen LogP contribution is 2.30. The number of aromatic nitrogens is 2. The Morgan fingerprint density at radius 2 is 1.65 bits per heavy atom. The molecule has 9 nitrogen and oxygen atoms in total. The number of nitrogens with one attached hydrogen (secondary N) is 2. The van der Waals surface area contributed by atoms with E-state index in [9.17, 15) is 14.0 Å². The van der Waals surface area contributed by atoms with Gasteiger partial charge < -0.3 is 19.5 Å². The average molecular weight is 611 g/mol. The molecular formula is C29H28BrFN4O5. The molecule has 0 fully saturated rings. The lowest BCUT2D eigenvalue weighted by atomic mass is 10.2. The van der Waals surface area contributed by atoms with Crippen LogP contribution in [0.4, 0.5) is 20.6 Å². The SMILES string of the molecule is Cc1ncnc2c(OCCOc3ccc(C(=O)Nc4ccc(F)cc4NC(=O)OC(C)(C)C)cc3)cc(Br)cc12. The zero-order valence-corrected chi connectivity index (χ0v) is 24.0. The number of benzene rings is 3. The number of halogens is 2. The molecule has 3 aromatic carbocycles. The molecule has 0 saturated carbocycles. The lowest BCUT2D eigenvalue weighted by molar-refractivity contribution is 0.0635. The summed E-state index contributed by atoms with van der Waals surface area (Å²) >= 11 is 3.49. The number of nitrogens with zero attached hydrogens (tertiary/aromatic N) is 2. The van der Waals surface area contributed by atoms with Crippen LogP contribution < -0.4 is 20.1 Å². The van der Waals surface area contributed by atoms with Crippen LogP contribution in [0, 0.1) is 12.7 Å². The summed E-state index contributed by atoms with van der Waals surface area (Å²) in [5, 5.41) is 6.05. The van der Waals surface area contributed by atoms with Crippen molar-refractivity contribution < 1.29 is 28.2 Å².